The molecular weight excluding hydrogens is 504 g/mol. The van der Waals surface area contributed by atoms with Crippen LogP contribution >= 0.6 is 0 Å². The predicted octanol–water partition coefficient (Wildman–Crippen LogP) is 2.78. The zero-order valence-corrected chi connectivity index (χ0v) is 21.8. The third kappa shape index (κ3) is 5.44. The summed E-state index contributed by atoms with van der Waals surface area (Å²) in [5.41, 5.74) is 0.998. The number of ketones is 1. The van der Waals surface area contributed by atoms with Crippen molar-refractivity contribution in [1.29, 1.82) is 0 Å². The molecule has 1 saturated heterocycles. The molecule has 2 N–H and O–H groups in total. The van der Waals surface area contributed by atoms with Crippen LogP contribution in [0.1, 0.15) is 38.3 Å². The highest BCUT2D eigenvalue weighted by molar-refractivity contribution is 7.92. The summed E-state index contributed by atoms with van der Waals surface area (Å²) >= 11 is 0. The largest absolute Gasteiger partial charge is 0.341 e. The van der Waals surface area contributed by atoms with Gasteiger partial charge in [0, 0.05) is 18.7 Å². The number of rotatable bonds is 7. The summed E-state index contributed by atoms with van der Waals surface area (Å²) in [5, 5.41) is 2.84. The van der Waals surface area contributed by atoms with E-state index in [-0.39, 0.29) is 28.5 Å². The van der Waals surface area contributed by atoms with Gasteiger partial charge in [-0.15, -0.1) is 4.40 Å². The van der Waals surface area contributed by atoms with E-state index in [1.54, 1.807) is 4.90 Å². The van der Waals surface area contributed by atoms with Gasteiger partial charge in [-0.05, 0) is 36.1 Å². The molecule has 0 aliphatic carbocycles. The van der Waals surface area contributed by atoms with Gasteiger partial charge in [0.15, 0.2) is 11.7 Å². The van der Waals surface area contributed by atoms with Gasteiger partial charge < -0.3 is 10.2 Å². The van der Waals surface area contributed by atoms with E-state index in [9.17, 15) is 26.4 Å². The van der Waals surface area contributed by atoms with Crippen LogP contribution in [0.5, 0.6) is 0 Å². The van der Waals surface area contributed by atoms with Crippen molar-refractivity contribution < 1.29 is 26.4 Å². The number of benzene rings is 2. The molecule has 2 aliphatic rings. The Morgan fingerprint density at radius 1 is 1.14 bits per heavy atom. The minimum Gasteiger partial charge on any atom is -0.341 e. The number of hydrogen-bond acceptors (Lipinski definition) is 7. The average molecular weight is 533 g/mol. The second-order valence-corrected chi connectivity index (χ2v) is 12.7. The molecule has 36 heavy (non-hydrogen) atoms. The molecule has 1 amide bonds. The Labute approximate surface area is 210 Å². The monoisotopic (exact) mass is 532 g/mol. The molecule has 192 valence electrons. The highest BCUT2D eigenvalue weighted by Crippen LogP contribution is 2.37. The summed E-state index contributed by atoms with van der Waals surface area (Å²) in [6.07, 6.45) is 1.69. The molecule has 0 radical (unpaired) electrons. The first-order valence-electron chi connectivity index (χ1n) is 11.5. The molecule has 0 spiro atoms. The summed E-state index contributed by atoms with van der Waals surface area (Å²) in [7, 11) is -7.93. The number of fused-ring (bicyclic) bond motifs is 1. The molecule has 12 heteroatoms. The standard InChI is InChI=1S/C24H28N4O6S2/c1-15(2)11-12-28-19(16-7-5-4-6-8-16)14-20(29)22(24(28)30)23-25-18-10-9-17(26-35(3,31)32)13-21(18)36(33,34)27-23/h4-10,13,15,19,22,26H,11-12,14H2,1-3H3,(H,25,27)/t19-,22?/m1/s1. The number of piperidine rings is 1. The van der Waals surface area contributed by atoms with Crippen LogP contribution < -0.4 is 10.0 Å². The van der Waals surface area contributed by atoms with Gasteiger partial charge in [0.05, 0.1) is 18.0 Å². The van der Waals surface area contributed by atoms with Gasteiger partial charge in [0.2, 0.25) is 15.9 Å². The number of Topliss-reactive ketones (excluding diaryl/α,β-unsaturated/α-hetero) is 1. The van der Waals surface area contributed by atoms with E-state index < -0.39 is 43.7 Å². The lowest BCUT2D eigenvalue weighted by atomic mass is 9.85. The van der Waals surface area contributed by atoms with E-state index in [0.717, 1.165) is 17.9 Å². The van der Waals surface area contributed by atoms with Crippen molar-refractivity contribution in [2.24, 2.45) is 16.2 Å². The summed E-state index contributed by atoms with van der Waals surface area (Å²) in [6.45, 7) is 4.49. The van der Waals surface area contributed by atoms with E-state index in [2.05, 4.69) is 14.4 Å². The maximum Gasteiger partial charge on any atom is 0.286 e. The third-order valence-corrected chi connectivity index (χ3v) is 8.01. The lowest BCUT2D eigenvalue weighted by molar-refractivity contribution is -0.146. The molecule has 2 aromatic rings. The zero-order valence-electron chi connectivity index (χ0n) is 20.1. The summed E-state index contributed by atoms with van der Waals surface area (Å²) in [6, 6.07) is 12.7. The third-order valence-electron chi connectivity index (χ3n) is 6.07. The number of amides is 1. The van der Waals surface area contributed by atoms with E-state index in [1.807, 2.05) is 44.2 Å². The SMILES string of the molecule is CC(C)CCN1C(=O)C(C2=NS(=O)(=O)c3cc(NS(C)(=O)=O)ccc3N2)C(=O)C[C@@H]1c1ccccc1. The molecular formula is C24H28N4O6S2. The summed E-state index contributed by atoms with van der Waals surface area (Å²) in [5.74, 6) is -2.23. The molecule has 0 aromatic heterocycles. The van der Waals surface area contributed by atoms with Gasteiger partial charge in [-0.3, -0.25) is 14.3 Å². The van der Waals surface area contributed by atoms with Crippen LogP contribution in [0.25, 0.3) is 0 Å². The lowest BCUT2D eigenvalue weighted by Crippen LogP contribution is -2.52. The molecule has 4 rings (SSSR count). The number of amidine groups is 1. The maximum atomic E-state index is 13.7. The van der Waals surface area contributed by atoms with Gasteiger partial charge in [-0.1, -0.05) is 44.2 Å². The van der Waals surface area contributed by atoms with Gasteiger partial charge in [0.1, 0.15) is 10.7 Å². The van der Waals surface area contributed by atoms with E-state index in [0.29, 0.717) is 18.9 Å². The van der Waals surface area contributed by atoms with E-state index in [4.69, 9.17) is 0 Å². The Hall–Kier alpha value is -3.25. The molecule has 0 bridgehead atoms. The first-order valence-corrected chi connectivity index (χ1v) is 14.8. The van der Waals surface area contributed by atoms with Crippen LogP contribution in [-0.2, 0) is 29.6 Å². The van der Waals surface area contributed by atoms with Crippen LogP contribution in [0.3, 0.4) is 0 Å². The fraction of sp³-hybridized carbons (Fsp3) is 0.375. The lowest BCUT2D eigenvalue weighted by Gasteiger charge is -2.40. The van der Waals surface area contributed by atoms with Crippen LogP contribution in [0.4, 0.5) is 11.4 Å². The number of hydrogen-bond donors (Lipinski definition) is 2. The van der Waals surface area contributed by atoms with Gasteiger partial charge >= 0.3 is 0 Å². The van der Waals surface area contributed by atoms with Crippen molar-refractivity contribution in [3.05, 3.63) is 54.1 Å². The predicted molar refractivity (Wildman–Crippen MR) is 137 cm³/mol. The zero-order chi connectivity index (χ0) is 26.3. The van der Waals surface area contributed by atoms with Crippen molar-refractivity contribution in [3.63, 3.8) is 0 Å². The van der Waals surface area contributed by atoms with Crippen molar-refractivity contribution in [1.82, 2.24) is 4.90 Å². The molecule has 2 heterocycles. The van der Waals surface area contributed by atoms with Crippen LogP contribution in [0, 0.1) is 11.8 Å². The Balaban J connectivity index is 1.69. The fourth-order valence-corrected chi connectivity index (χ4v) is 6.10. The van der Waals surface area contributed by atoms with Crippen molar-refractivity contribution in [2.75, 3.05) is 22.8 Å². The number of nitrogens with zero attached hydrogens (tertiary/aromatic N) is 2. The summed E-state index contributed by atoms with van der Waals surface area (Å²) in [4.78, 5) is 28.3. The number of sulfonamides is 2. The quantitative estimate of drug-likeness (QED) is 0.522. The highest BCUT2D eigenvalue weighted by atomic mass is 32.2. The molecule has 2 aromatic carbocycles. The normalized spacial score (nSPS) is 21.6. The number of anilines is 2. The first-order chi connectivity index (χ1) is 16.9. The number of carbonyl (C=O) groups is 2. The van der Waals surface area contributed by atoms with Crippen molar-refractivity contribution >= 4 is 48.9 Å². The van der Waals surface area contributed by atoms with Crippen LogP contribution in [0.15, 0.2) is 57.8 Å². The van der Waals surface area contributed by atoms with E-state index in [1.165, 1.54) is 12.1 Å². The Kier molecular flexibility index (Phi) is 6.93. The molecule has 2 aliphatic heterocycles. The second-order valence-electron chi connectivity index (χ2n) is 9.41. The molecule has 0 saturated carbocycles. The number of carbonyl (C=O) groups excluding carboxylic acids is 2. The van der Waals surface area contributed by atoms with Crippen molar-refractivity contribution in [3.8, 4) is 0 Å². The molecule has 10 nitrogen and oxygen atoms in total. The minimum atomic E-state index is -4.31. The average Bonchev–Trinajstić information content (AvgIpc) is 2.77. The summed E-state index contributed by atoms with van der Waals surface area (Å²) < 4.78 is 55.1. The second kappa shape index (κ2) is 9.66. The maximum absolute atomic E-state index is 13.7. The fourth-order valence-electron chi connectivity index (χ4n) is 4.36. The number of likely N-dealkylation sites (tertiary alicyclic amines) is 1. The molecule has 2 atom stereocenters. The minimum absolute atomic E-state index is 0.0311. The van der Waals surface area contributed by atoms with E-state index >= 15 is 0 Å². The highest BCUT2D eigenvalue weighted by Gasteiger charge is 2.46. The number of nitrogens with one attached hydrogen (secondary N) is 2. The Morgan fingerprint density at radius 2 is 1.83 bits per heavy atom. The van der Waals surface area contributed by atoms with Crippen LogP contribution in [-0.4, -0.2) is 52.1 Å². The van der Waals surface area contributed by atoms with Gasteiger partial charge in [-0.2, -0.15) is 8.42 Å². The van der Waals surface area contributed by atoms with Crippen LogP contribution in [0.2, 0.25) is 0 Å². The molecule has 1 unspecified atom stereocenters. The van der Waals surface area contributed by atoms with Gasteiger partial charge in [-0.25, -0.2) is 8.42 Å². The van der Waals surface area contributed by atoms with Crippen molar-refractivity contribution in [2.45, 2.75) is 37.6 Å². The topological polar surface area (TPSA) is 142 Å². The molecule has 1 fully saturated rings. The smallest absolute Gasteiger partial charge is 0.286 e. The first kappa shape index (κ1) is 25.8. The Morgan fingerprint density at radius 3 is 2.47 bits per heavy atom. The Bertz CT molecular complexity index is 1440. The van der Waals surface area contributed by atoms with Gasteiger partial charge in [0.25, 0.3) is 10.0 Å².